The number of carbonyl (C=O) groups excluding carboxylic acids is 2. The molecular weight excluding hydrogens is 435 g/mol. The predicted molar refractivity (Wildman–Crippen MR) is 129 cm³/mol. The summed E-state index contributed by atoms with van der Waals surface area (Å²) >= 11 is 0. The first-order valence-electron chi connectivity index (χ1n) is 11.1. The number of halogens is 1. The van der Waals surface area contributed by atoms with Crippen molar-refractivity contribution in [2.24, 2.45) is 0 Å². The molecule has 8 heteroatoms. The Morgan fingerprint density at radius 1 is 1.00 bits per heavy atom. The maximum Gasteiger partial charge on any atom is 0.412 e. The van der Waals surface area contributed by atoms with Crippen molar-refractivity contribution in [2.75, 3.05) is 10.6 Å². The molecule has 34 heavy (non-hydrogen) atoms. The minimum atomic E-state index is -0.691. The number of pyridine rings is 1. The third kappa shape index (κ3) is 5.89. The molecule has 7 nitrogen and oxygen atoms in total. The molecule has 2 aromatic carbocycles. The lowest BCUT2D eigenvalue weighted by molar-refractivity contribution is 0.0635. The molecule has 0 bridgehead atoms. The Morgan fingerprint density at radius 3 is 2.29 bits per heavy atom. The number of benzene rings is 2. The van der Waals surface area contributed by atoms with Crippen LogP contribution in [0.1, 0.15) is 42.4 Å². The number of amides is 2. The van der Waals surface area contributed by atoms with E-state index in [1.807, 2.05) is 12.1 Å². The van der Waals surface area contributed by atoms with Crippen molar-refractivity contribution in [3.05, 3.63) is 83.3 Å². The van der Waals surface area contributed by atoms with Crippen LogP contribution in [0.2, 0.25) is 0 Å². The normalized spacial score (nSPS) is 13.2. The largest absolute Gasteiger partial charge is 0.444 e. The first kappa shape index (κ1) is 23.2. The molecule has 3 aromatic rings. The number of aromatic nitrogens is 1. The van der Waals surface area contributed by atoms with Gasteiger partial charge >= 0.3 is 6.09 Å². The van der Waals surface area contributed by atoms with Crippen LogP contribution in [0.25, 0.3) is 0 Å². The fourth-order valence-electron chi connectivity index (χ4n) is 3.83. The van der Waals surface area contributed by atoms with E-state index in [-0.39, 0.29) is 29.1 Å². The van der Waals surface area contributed by atoms with Gasteiger partial charge in [0.1, 0.15) is 22.9 Å². The summed E-state index contributed by atoms with van der Waals surface area (Å²) in [6, 6.07) is 17.1. The number of hydrogen-bond donors (Lipinski definition) is 3. The molecule has 176 valence electrons. The van der Waals surface area contributed by atoms with E-state index >= 15 is 0 Å². The van der Waals surface area contributed by atoms with Gasteiger partial charge in [-0.3, -0.25) is 10.1 Å². The Hall–Kier alpha value is -3.94. The number of nitrogens with zero attached hydrogens (tertiary/aromatic N) is 1. The SMILES string of the molecule is CC(C)(C)OC(=O)Nc1cc(Nc2ccccc2F)nc(C(=O)NC2Cc3ccccc3C2)c1. The van der Waals surface area contributed by atoms with Crippen molar-refractivity contribution in [1.29, 1.82) is 0 Å². The van der Waals surface area contributed by atoms with Crippen LogP contribution in [0.4, 0.5) is 26.4 Å². The van der Waals surface area contributed by atoms with E-state index in [0.717, 1.165) is 12.8 Å². The monoisotopic (exact) mass is 462 g/mol. The van der Waals surface area contributed by atoms with Crippen LogP contribution < -0.4 is 16.0 Å². The fraction of sp³-hybridized carbons (Fsp3) is 0.269. The Bertz CT molecular complexity index is 1200. The number of anilines is 3. The van der Waals surface area contributed by atoms with Crippen LogP contribution in [0.5, 0.6) is 0 Å². The van der Waals surface area contributed by atoms with E-state index in [9.17, 15) is 14.0 Å². The summed E-state index contributed by atoms with van der Waals surface area (Å²) in [4.78, 5) is 29.7. The van der Waals surface area contributed by atoms with E-state index in [1.165, 1.54) is 29.3 Å². The van der Waals surface area contributed by atoms with E-state index in [2.05, 4.69) is 33.1 Å². The molecule has 0 saturated heterocycles. The Balaban J connectivity index is 1.56. The van der Waals surface area contributed by atoms with E-state index < -0.39 is 17.5 Å². The van der Waals surface area contributed by atoms with Crippen molar-refractivity contribution < 1.29 is 18.7 Å². The second-order valence-corrected chi connectivity index (χ2v) is 9.21. The second-order valence-electron chi connectivity index (χ2n) is 9.21. The molecule has 3 N–H and O–H groups in total. The summed E-state index contributed by atoms with van der Waals surface area (Å²) in [5.74, 6) is -0.648. The van der Waals surface area contributed by atoms with Gasteiger partial charge in [0.2, 0.25) is 0 Å². The quantitative estimate of drug-likeness (QED) is 0.484. The number of nitrogens with one attached hydrogen (secondary N) is 3. The van der Waals surface area contributed by atoms with Gasteiger partial charge in [0.25, 0.3) is 5.91 Å². The zero-order valence-electron chi connectivity index (χ0n) is 19.3. The van der Waals surface area contributed by atoms with Crippen molar-refractivity contribution >= 4 is 29.2 Å². The predicted octanol–water partition coefficient (Wildman–Crippen LogP) is 5.21. The summed E-state index contributed by atoms with van der Waals surface area (Å²) in [6.45, 7) is 5.26. The highest BCUT2D eigenvalue weighted by Gasteiger charge is 2.24. The molecular formula is C26H27FN4O3. The second kappa shape index (κ2) is 9.51. The standard InChI is InChI=1S/C26H27FN4O3/c1-26(2,3)34-25(33)29-19-14-22(31-23(15-19)30-21-11-7-6-10-20(21)27)24(32)28-18-12-16-8-4-5-9-17(16)13-18/h4-11,14-15,18H,12-13H2,1-3H3,(H,28,32)(H2,29,30,31,33). The first-order valence-corrected chi connectivity index (χ1v) is 11.1. The zero-order valence-corrected chi connectivity index (χ0v) is 19.3. The lowest BCUT2D eigenvalue weighted by atomic mass is 10.1. The number of ether oxygens (including phenoxy) is 1. The Labute approximate surface area is 197 Å². The molecule has 0 fully saturated rings. The van der Waals surface area contributed by atoms with Gasteiger partial charge in [0.05, 0.1) is 11.4 Å². The maximum atomic E-state index is 14.2. The molecule has 1 heterocycles. The molecule has 0 aliphatic heterocycles. The summed E-state index contributed by atoms with van der Waals surface area (Å²) in [5.41, 5.74) is 2.31. The molecule has 0 unspecified atom stereocenters. The van der Waals surface area contributed by atoms with Crippen LogP contribution in [0.15, 0.2) is 60.7 Å². The molecule has 0 saturated carbocycles. The first-order chi connectivity index (χ1) is 16.2. The summed E-state index contributed by atoms with van der Waals surface area (Å²) < 4.78 is 19.5. The maximum absolute atomic E-state index is 14.2. The van der Waals surface area contributed by atoms with Crippen molar-refractivity contribution in [2.45, 2.75) is 45.3 Å². The van der Waals surface area contributed by atoms with Crippen molar-refractivity contribution in [3.63, 3.8) is 0 Å². The minimum absolute atomic E-state index is 0.0582. The van der Waals surface area contributed by atoms with Crippen LogP contribution in [0.3, 0.4) is 0 Å². The molecule has 1 aromatic heterocycles. The van der Waals surface area contributed by atoms with E-state index in [4.69, 9.17) is 4.74 Å². The molecule has 4 rings (SSSR count). The summed E-state index contributed by atoms with van der Waals surface area (Å²) in [7, 11) is 0. The number of carbonyl (C=O) groups is 2. The van der Waals surface area contributed by atoms with Gasteiger partial charge in [-0.15, -0.1) is 0 Å². The average Bonchev–Trinajstić information content (AvgIpc) is 3.16. The highest BCUT2D eigenvalue weighted by Crippen LogP contribution is 2.24. The fourth-order valence-corrected chi connectivity index (χ4v) is 3.83. The molecule has 1 aliphatic carbocycles. The van der Waals surface area contributed by atoms with Crippen molar-refractivity contribution in [3.8, 4) is 0 Å². The van der Waals surface area contributed by atoms with Crippen LogP contribution >= 0.6 is 0 Å². The lowest BCUT2D eigenvalue weighted by Crippen LogP contribution is -2.36. The van der Waals surface area contributed by atoms with Gasteiger partial charge in [-0.25, -0.2) is 14.2 Å². The lowest BCUT2D eigenvalue weighted by Gasteiger charge is -2.20. The van der Waals surface area contributed by atoms with E-state index in [0.29, 0.717) is 5.69 Å². The number of hydrogen-bond acceptors (Lipinski definition) is 5. The minimum Gasteiger partial charge on any atom is -0.444 e. The molecule has 0 atom stereocenters. The molecule has 0 radical (unpaired) electrons. The average molecular weight is 463 g/mol. The number of para-hydroxylation sites is 1. The van der Waals surface area contributed by atoms with Crippen LogP contribution in [0, 0.1) is 5.82 Å². The Morgan fingerprint density at radius 2 is 1.65 bits per heavy atom. The van der Waals surface area contributed by atoms with Gasteiger partial charge in [-0.2, -0.15) is 0 Å². The van der Waals surface area contributed by atoms with E-state index in [1.54, 1.807) is 39.0 Å². The van der Waals surface area contributed by atoms with Gasteiger partial charge in [-0.05, 0) is 62.9 Å². The topological polar surface area (TPSA) is 92.3 Å². The Kier molecular flexibility index (Phi) is 6.49. The molecule has 2 amide bonds. The van der Waals surface area contributed by atoms with Crippen molar-refractivity contribution in [1.82, 2.24) is 10.3 Å². The third-order valence-corrected chi connectivity index (χ3v) is 5.23. The third-order valence-electron chi connectivity index (χ3n) is 5.23. The van der Waals surface area contributed by atoms with Crippen LogP contribution in [-0.2, 0) is 17.6 Å². The van der Waals surface area contributed by atoms with Gasteiger partial charge < -0.3 is 15.4 Å². The number of fused-ring (bicyclic) bond motifs is 1. The number of rotatable bonds is 5. The molecule has 1 aliphatic rings. The highest BCUT2D eigenvalue weighted by molar-refractivity contribution is 5.95. The van der Waals surface area contributed by atoms with Gasteiger partial charge in [0.15, 0.2) is 0 Å². The summed E-state index contributed by atoms with van der Waals surface area (Å²) in [5, 5.41) is 8.52. The van der Waals surface area contributed by atoms with Gasteiger partial charge in [0, 0.05) is 12.1 Å². The zero-order chi connectivity index (χ0) is 24.3. The van der Waals surface area contributed by atoms with Gasteiger partial charge in [-0.1, -0.05) is 36.4 Å². The summed E-state index contributed by atoms with van der Waals surface area (Å²) in [6.07, 6.45) is 0.795. The molecule has 0 spiro atoms. The smallest absolute Gasteiger partial charge is 0.412 e. The highest BCUT2D eigenvalue weighted by atomic mass is 19.1. The van der Waals surface area contributed by atoms with Crippen LogP contribution in [-0.4, -0.2) is 28.6 Å².